The van der Waals surface area contributed by atoms with Gasteiger partial charge < -0.3 is 4.90 Å². The summed E-state index contributed by atoms with van der Waals surface area (Å²) < 4.78 is 31.5. The highest BCUT2D eigenvalue weighted by atomic mass is 32.2. The molecule has 6 heteroatoms. The molecule has 3 rings (SSSR count). The van der Waals surface area contributed by atoms with Crippen molar-refractivity contribution in [3.8, 4) is 0 Å². The standard InChI is InChI=1S/C21H27NO3S2/c1-4-15-8-9-19-18(13-15)22(10-7-11-27(23,24)25)21-17(6-3)12-16(5-2)14-20(21)26-19/h8-9,12-14H,4-7,10-11H2,1-3H3,(H,23,24,25). The van der Waals surface area contributed by atoms with Crippen LogP contribution in [0.3, 0.4) is 0 Å². The molecule has 27 heavy (non-hydrogen) atoms. The lowest BCUT2D eigenvalue weighted by Crippen LogP contribution is -2.25. The van der Waals surface area contributed by atoms with Gasteiger partial charge >= 0.3 is 0 Å². The van der Waals surface area contributed by atoms with Gasteiger partial charge in [0.05, 0.1) is 17.1 Å². The highest BCUT2D eigenvalue weighted by Gasteiger charge is 2.26. The first-order valence-electron chi connectivity index (χ1n) is 9.55. The van der Waals surface area contributed by atoms with Gasteiger partial charge in [-0.3, -0.25) is 4.55 Å². The van der Waals surface area contributed by atoms with E-state index in [0.29, 0.717) is 13.0 Å². The molecule has 0 saturated heterocycles. The van der Waals surface area contributed by atoms with Crippen molar-refractivity contribution in [3.05, 3.63) is 47.0 Å². The molecule has 1 N–H and O–H groups in total. The average molecular weight is 406 g/mol. The lowest BCUT2D eigenvalue weighted by Gasteiger charge is -2.35. The Morgan fingerprint density at radius 3 is 2.33 bits per heavy atom. The van der Waals surface area contributed by atoms with Gasteiger partial charge in [0.25, 0.3) is 10.1 Å². The van der Waals surface area contributed by atoms with Crippen LogP contribution in [0.2, 0.25) is 0 Å². The van der Waals surface area contributed by atoms with Gasteiger partial charge in [-0.1, -0.05) is 44.7 Å². The minimum Gasteiger partial charge on any atom is -0.339 e. The Morgan fingerprint density at radius 1 is 0.963 bits per heavy atom. The fraction of sp³-hybridized carbons (Fsp3) is 0.429. The normalized spacial score (nSPS) is 13.4. The molecule has 0 bridgehead atoms. The van der Waals surface area contributed by atoms with Crippen molar-refractivity contribution < 1.29 is 13.0 Å². The fourth-order valence-electron chi connectivity index (χ4n) is 3.54. The lowest BCUT2D eigenvalue weighted by molar-refractivity contribution is 0.481. The van der Waals surface area contributed by atoms with Crippen molar-refractivity contribution in [2.24, 2.45) is 0 Å². The molecule has 0 amide bonds. The average Bonchev–Trinajstić information content (AvgIpc) is 2.65. The van der Waals surface area contributed by atoms with Crippen molar-refractivity contribution in [1.29, 1.82) is 0 Å². The molecule has 0 spiro atoms. The molecule has 0 fully saturated rings. The molecule has 1 aliphatic rings. The van der Waals surface area contributed by atoms with Crippen LogP contribution < -0.4 is 4.90 Å². The van der Waals surface area contributed by atoms with Crippen molar-refractivity contribution >= 4 is 33.3 Å². The predicted molar refractivity (Wildman–Crippen MR) is 113 cm³/mol. The van der Waals surface area contributed by atoms with Crippen LogP contribution in [0, 0.1) is 0 Å². The third-order valence-electron chi connectivity index (χ3n) is 5.00. The van der Waals surface area contributed by atoms with Crippen LogP contribution in [-0.2, 0) is 29.4 Å². The van der Waals surface area contributed by atoms with Crippen molar-refractivity contribution in [1.82, 2.24) is 0 Å². The van der Waals surface area contributed by atoms with E-state index >= 15 is 0 Å². The maximum Gasteiger partial charge on any atom is 0.264 e. The molecule has 1 heterocycles. The van der Waals surface area contributed by atoms with Crippen molar-refractivity contribution in [2.45, 2.75) is 56.2 Å². The largest absolute Gasteiger partial charge is 0.339 e. The zero-order valence-corrected chi connectivity index (χ0v) is 17.8. The first-order chi connectivity index (χ1) is 12.9. The van der Waals surface area contributed by atoms with Crippen LogP contribution in [0.4, 0.5) is 11.4 Å². The molecule has 1 aliphatic heterocycles. The first kappa shape index (κ1) is 20.2. The van der Waals surface area contributed by atoms with Gasteiger partial charge in [0.1, 0.15) is 0 Å². The number of fused-ring (bicyclic) bond motifs is 2. The van der Waals surface area contributed by atoms with Crippen LogP contribution >= 0.6 is 11.8 Å². The number of benzene rings is 2. The zero-order chi connectivity index (χ0) is 19.6. The zero-order valence-electron chi connectivity index (χ0n) is 16.2. The summed E-state index contributed by atoms with van der Waals surface area (Å²) in [5.74, 6) is -0.219. The quantitative estimate of drug-likeness (QED) is 0.637. The van der Waals surface area contributed by atoms with Crippen molar-refractivity contribution in [3.63, 3.8) is 0 Å². The molecule has 2 aromatic carbocycles. The van der Waals surface area contributed by atoms with Gasteiger partial charge in [0.2, 0.25) is 0 Å². The van der Waals surface area contributed by atoms with Gasteiger partial charge in [0.15, 0.2) is 0 Å². The summed E-state index contributed by atoms with van der Waals surface area (Å²) in [5, 5.41) is 0. The Hall–Kier alpha value is -1.50. The number of nitrogens with zero attached hydrogens (tertiary/aromatic N) is 1. The van der Waals surface area contributed by atoms with Crippen LogP contribution in [0.25, 0.3) is 0 Å². The molecule has 0 atom stereocenters. The summed E-state index contributed by atoms with van der Waals surface area (Å²) in [6, 6.07) is 11.1. The maximum atomic E-state index is 11.2. The highest BCUT2D eigenvalue weighted by Crippen LogP contribution is 2.50. The van der Waals surface area contributed by atoms with E-state index in [0.717, 1.165) is 24.9 Å². The molecular formula is C21H27NO3S2. The first-order valence-corrected chi connectivity index (χ1v) is 12.0. The van der Waals surface area contributed by atoms with E-state index in [2.05, 4.69) is 56.0 Å². The van der Waals surface area contributed by atoms with Crippen LogP contribution in [0.5, 0.6) is 0 Å². The second-order valence-corrected chi connectivity index (χ2v) is 9.51. The van der Waals surface area contributed by atoms with E-state index in [-0.39, 0.29) is 5.75 Å². The Morgan fingerprint density at radius 2 is 1.70 bits per heavy atom. The molecular weight excluding hydrogens is 378 g/mol. The van der Waals surface area contributed by atoms with Crippen LogP contribution in [-0.4, -0.2) is 25.3 Å². The minimum absolute atomic E-state index is 0.219. The molecule has 0 saturated carbocycles. The van der Waals surface area contributed by atoms with E-state index in [9.17, 15) is 8.42 Å². The minimum atomic E-state index is -3.95. The SMILES string of the molecule is CCc1cc(CC)c2c(c1)Sc1ccc(CC)cc1N2CCCS(=O)(=O)O. The van der Waals surface area contributed by atoms with E-state index in [1.807, 2.05) is 0 Å². The highest BCUT2D eigenvalue weighted by molar-refractivity contribution is 7.99. The second kappa shape index (κ2) is 8.25. The summed E-state index contributed by atoms with van der Waals surface area (Å²) >= 11 is 1.79. The van der Waals surface area contributed by atoms with E-state index in [4.69, 9.17) is 4.55 Å². The number of rotatable bonds is 7. The maximum absolute atomic E-state index is 11.2. The van der Waals surface area contributed by atoms with Crippen molar-refractivity contribution in [2.75, 3.05) is 17.2 Å². The Balaban J connectivity index is 2.08. The van der Waals surface area contributed by atoms with E-state index in [1.165, 1.54) is 32.2 Å². The molecule has 0 aromatic heterocycles. The van der Waals surface area contributed by atoms with Gasteiger partial charge in [0, 0.05) is 16.3 Å². The van der Waals surface area contributed by atoms with Crippen LogP contribution in [0.15, 0.2) is 40.1 Å². The summed E-state index contributed by atoms with van der Waals surface area (Å²) in [4.78, 5) is 4.68. The molecule has 2 aromatic rings. The summed E-state index contributed by atoms with van der Waals surface area (Å²) in [7, 11) is -3.95. The summed E-state index contributed by atoms with van der Waals surface area (Å²) in [6.45, 7) is 7.03. The molecule has 4 nitrogen and oxygen atoms in total. The number of anilines is 2. The molecule has 0 radical (unpaired) electrons. The predicted octanol–water partition coefficient (Wildman–Crippen LogP) is 5.25. The third-order valence-corrected chi connectivity index (χ3v) is 6.90. The van der Waals surface area contributed by atoms with Gasteiger partial charge in [-0.15, -0.1) is 0 Å². The Kier molecular flexibility index (Phi) is 6.18. The third kappa shape index (κ3) is 4.50. The van der Waals surface area contributed by atoms with Gasteiger partial charge in [-0.05, 0) is 60.6 Å². The molecule has 146 valence electrons. The lowest BCUT2D eigenvalue weighted by atomic mass is 10.0. The number of hydrogen-bond acceptors (Lipinski definition) is 4. The monoisotopic (exact) mass is 405 g/mol. The fourth-order valence-corrected chi connectivity index (χ4v) is 5.23. The topological polar surface area (TPSA) is 57.6 Å². The number of aryl methyl sites for hydroxylation is 3. The molecule has 0 aliphatic carbocycles. The van der Waals surface area contributed by atoms with Gasteiger partial charge in [-0.25, -0.2) is 0 Å². The van der Waals surface area contributed by atoms with E-state index in [1.54, 1.807) is 11.8 Å². The second-order valence-electron chi connectivity index (χ2n) is 6.86. The molecule has 0 unspecified atom stereocenters. The van der Waals surface area contributed by atoms with Crippen LogP contribution in [0.1, 0.15) is 43.9 Å². The Labute approximate surface area is 166 Å². The van der Waals surface area contributed by atoms with E-state index < -0.39 is 10.1 Å². The smallest absolute Gasteiger partial charge is 0.264 e. The summed E-state index contributed by atoms with van der Waals surface area (Å²) in [5.41, 5.74) is 6.21. The number of hydrogen-bond donors (Lipinski definition) is 1. The Bertz CT molecular complexity index is 939. The van der Waals surface area contributed by atoms with Gasteiger partial charge in [-0.2, -0.15) is 8.42 Å². The summed E-state index contributed by atoms with van der Waals surface area (Å²) in [6.07, 6.45) is 3.26.